The van der Waals surface area contributed by atoms with Crippen molar-refractivity contribution in [3.05, 3.63) is 0 Å². The molecule has 0 radical (unpaired) electrons. The third-order valence-corrected chi connectivity index (χ3v) is 7.22. The van der Waals surface area contributed by atoms with E-state index in [0.717, 1.165) is 25.2 Å². The molecule has 0 bridgehead atoms. The molecule has 0 aliphatic heterocycles. The van der Waals surface area contributed by atoms with E-state index in [4.69, 9.17) is 0 Å². The second-order valence-electron chi connectivity index (χ2n) is 9.33. The summed E-state index contributed by atoms with van der Waals surface area (Å²) in [5.74, 6) is 3.31. The van der Waals surface area contributed by atoms with E-state index in [-0.39, 0.29) is 0 Å². The lowest BCUT2D eigenvalue weighted by Crippen LogP contribution is -2.24. The van der Waals surface area contributed by atoms with Gasteiger partial charge in [0.05, 0.1) is 0 Å². The minimum Gasteiger partial charge on any atom is -0.300 e. The highest BCUT2D eigenvalue weighted by Gasteiger charge is 2.26. The van der Waals surface area contributed by atoms with Gasteiger partial charge in [-0.15, -0.1) is 0 Å². The van der Waals surface area contributed by atoms with Crippen LogP contribution < -0.4 is 0 Å². The molecule has 2 nitrogen and oxygen atoms in total. The monoisotopic (exact) mass is 362 g/mol. The molecule has 0 heterocycles. The Morgan fingerprint density at radius 2 is 1.12 bits per heavy atom. The van der Waals surface area contributed by atoms with Crippen LogP contribution in [0.3, 0.4) is 0 Å². The van der Waals surface area contributed by atoms with Gasteiger partial charge in [-0.3, -0.25) is 9.59 Å². The van der Waals surface area contributed by atoms with Crippen molar-refractivity contribution in [2.45, 2.75) is 117 Å². The molecule has 0 N–H and O–H groups in total. The molecule has 0 aromatic heterocycles. The summed E-state index contributed by atoms with van der Waals surface area (Å²) in [4.78, 5) is 23.0. The average Bonchev–Trinajstić information content (AvgIpc) is 2.70. The number of carbonyl (C=O) groups is 2. The molecule has 150 valence electrons. The van der Waals surface area contributed by atoms with Crippen molar-refractivity contribution < 1.29 is 9.59 Å². The molecule has 0 saturated heterocycles. The van der Waals surface area contributed by atoms with Gasteiger partial charge in [0.15, 0.2) is 0 Å². The zero-order chi connectivity index (χ0) is 18.8. The van der Waals surface area contributed by atoms with Gasteiger partial charge >= 0.3 is 0 Å². The number of ketones is 2. The minimum atomic E-state index is 0.398. The Labute approximate surface area is 161 Å². The molecule has 3 fully saturated rings. The molecule has 0 amide bonds. The van der Waals surface area contributed by atoms with Crippen molar-refractivity contribution >= 4 is 11.6 Å². The van der Waals surface area contributed by atoms with Gasteiger partial charge in [-0.25, -0.2) is 0 Å². The van der Waals surface area contributed by atoms with Gasteiger partial charge in [0, 0.05) is 18.3 Å². The molecular formula is C24H42O2. The highest BCUT2D eigenvalue weighted by Crippen LogP contribution is 2.33. The molecule has 3 rings (SSSR count). The van der Waals surface area contributed by atoms with Crippen LogP contribution in [0.15, 0.2) is 0 Å². The third kappa shape index (κ3) is 7.53. The van der Waals surface area contributed by atoms with Crippen LogP contribution in [0.4, 0.5) is 0 Å². The first-order valence-corrected chi connectivity index (χ1v) is 11.6. The Balaban J connectivity index is 0.000000228. The number of hydrogen-bond acceptors (Lipinski definition) is 2. The maximum Gasteiger partial charge on any atom is 0.136 e. The van der Waals surface area contributed by atoms with Gasteiger partial charge < -0.3 is 0 Å². The van der Waals surface area contributed by atoms with Gasteiger partial charge in [0.1, 0.15) is 11.6 Å². The Bertz CT molecular complexity index is 410. The summed E-state index contributed by atoms with van der Waals surface area (Å²) in [5.41, 5.74) is 0. The Kier molecular flexibility index (Phi) is 9.93. The predicted molar refractivity (Wildman–Crippen MR) is 109 cm³/mol. The van der Waals surface area contributed by atoms with Crippen molar-refractivity contribution in [2.24, 2.45) is 23.7 Å². The van der Waals surface area contributed by atoms with Crippen LogP contribution in [0, 0.1) is 23.7 Å². The Morgan fingerprint density at radius 3 is 1.54 bits per heavy atom. The fourth-order valence-electron chi connectivity index (χ4n) is 5.29. The highest BCUT2D eigenvalue weighted by atomic mass is 16.1. The van der Waals surface area contributed by atoms with Crippen LogP contribution in [0.5, 0.6) is 0 Å². The second kappa shape index (κ2) is 11.9. The van der Waals surface area contributed by atoms with Gasteiger partial charge in [-0.2, -0.15) is 0 Å². The average molecular weight is 363 g/mol. The fraction of sp³-hybridized carbons (Fsp3) is 0.917. The Morgan fingerprint density at radius 1 is 0.692 bits per heavy atom. The van der Waals surface area contributed by atoms with E-state index < -0.39 is 0 Å². The molecule has 0 aromatic carbocycles. The molecule has 1 unspecified atom stereocenters. The molecule has 3 saturated carbocycles. The van der Waals surface area contributed by atoms with E-state index in [0.29, 0.717) is 29.3 Å². The lowest BCUT2D eigenvalue weighted by atomic mass is 9.76. The summed E-state index contributed by atoms with van der Waals surface area (Å²) in [6.45, 7) is 4.03. The molecule has 1 atom stereocenters. The van der Waals surface area contributed by atoms with E-state index in [2.05, 4.69) is 6.92 Å². The smallest absolute Gasteiger partial charge is 0.136 e. The molecular weight excluding hydrogens is 320 g/mol. The topological polar surface area (TPSA) is 34.1 Å². The van der Waals surface area contributed by atoms with Crippen LogP contribution in [0.1, 0.15) is 117 Å². The lowest BCUT2D eigenvalue weighted by Gasteiger charge is -2.29. The number of rotatable bonds is 5. The van der Waals surface area contributed by atoms with Crippen LogP contribution in [-0.2, 0) is 9.59 Å². The van der Waals surface area contributed by atoms with Crippen LogP contribution in [0.25, 0.3) is 0 Å². The quantitative estimate of drug-likeness (QED) is 0.533. The molecule has 26 heavy (non-hydrogen) atoms. The number of carbonyl (C=O) groups excluding carboxylic acids is 2. The zero-order valence-corrected chi connectivity index (χ0v) is 17.4. The summed E-state index contributed by atoms with van der Waals surface area (Å²) < 4.78 is 0. The summed E-state index contributed by atoms with van der Waals surface area (Å²) in [7, 11) is 0. The SMILES string of the molecule is CC(=O)C1CCCCC1.CC(CC(=O)C1CCCCC1)C1CCCCC1. The van der Waals surface area contributed by atoms with Gasteiger partial charge in [-0.1, -0.05) is 77.6 Å². The highest BCUT2D eigenvalue weighted by molar-refractivity contribution is 5.81. The van der Waals surface area contributed by atoms with Gasteiger partial charge in [-0.05, 0) is 44.4 Å². The molecule has 0 aromatic rings. The molecule has 3 aliphatic rings. The van der Waals surface area contributed by atoms with E-state index >= 15 is 0 Å². The summed E-state index contributed by atoms with van der Waals surface area (Å²) in [5, 5.41) is 0. The normalized spacial score (nSPS) is 24.4. The van der Waals surface area contributed by atoms with Gasteiger partial charge in [0.2, 0.25) is 0 Å². The lowest BCUT2D eigenvalue weighted by molar-refractivity contribution is -0.125. The van der Waals surface area contributed by atoms with E-state index in [9.17, 15) is 9.59 Å². The molecule has 3 aliphatic carbocycles. The first kappa shape index (κ1) is 21.6. The largest absolute Gasteiger partial charge is 0.300 e. The fourth-order valence-corrected chi connectivity index (χ4v) is 5.29. The third-order valence-electron chi connectivity index (χ3n) is 7.22. The number of hydrogen-bond donors (Lipinski definition) is 0. The van der Waals surface area contributed by atoms with Crippen molar-refractivity contribution in [2.75, 3.05) is 0 Å². The zero-order valence-electron chi connectivity index (χ0n) is 17.4. The molecule has 2 heteroatoms. The van der Waals surface area contributed by atoms with Crippen LogP contribution >= 0.6 is 0 Å². The molecule has 0 spiro atoms. The van der Waals surface area contributed by atoms with E-state index in [1.54, 1.807) is 6.92 Å². The Hall–Kier alpha value is -0.660. The predicted octanol–water partition coefficient (Wildman–Crippen LogP) is 6.90. The van der Waals surface area contributed by atoms with Crippen LogP contribution in [-0.4, -0.2) is 11.6 Å². The van der Waals surface area contributed by atoms with Gasteiger partial charge in [0.25, 0.3) is 0 Å². The minimum absolute atomic E-state index is 0.398. The van der Waals surface area contributed by atoms with Crippen LogP contribution in [0.2, 0.25) is 0 Å². The maximum atomic E-state index is 12.3. The van der Waals surface area contributed by atoms with Crippen molar-refractivity contribution in [1.29, 1.82) is 0 Å². The maximum absolute atomic E-state index is 12.3. The summed E-state index contributed by atoms with van der Waals surface area (Å²) in [6.07, 6.45) is 20.3. The first-order chi connectivity index (χ1) is 12.6. The summed E-state index contributed by atoms with van der Waals surface area (Å²) in [6, 6.07) is 0. The number of Topliss-reactive ketones (excluding diaryl/α,β-unsaturated/α-hetero) is 2. The standard InChI is InChI=1S/C16H28O.C8H14O/c1-13(14-8-4-2-5-9-14)12-16(17)15-10-6-3-7-11-15;1-7(9)8-5-3-2-4-6-8/h13-15H,2-12H2,1H3;8H,2-6H2,1H3. The first-order valence-electron chi connectivity index (χ1n) is 11.6. The van der Waals surface area contributed by atoms with Crippen molar-refractivity contribution in [1.82, 2.24) is 0 Å². The second-order valence-corrected chi connectivity index (χ2v) is 9.33. The van der Waals surface area contributed by atoms with E-state index in [1.165, 1.54) is 83.5 Å². The summed E-state index contributed by atoms with van der Waals surface area (Å²) >= 11 is 0. The van der Waals surface area contributed by atoms with Crippen molar-refractivity contribution in [3.8, 4) is 0 Å². The van der Waals surface area contributed by atoms with Crippen molar-refractivity contribution in [3.63, 3.8) is 0 Å². The van der Waals surface area contributed by atoms with E-state index in [1.807, 2.05) is 0 Å².